The van der Waals surface area contributed by atoms with Crippen LogP contribution in [-0.2, 0) is 13.0 Å². The smallest absolute Gasteiger partial charge is 0.313 e. The first-order valence-electron chi connectivity index (χ1n) is 7.00. The first-order valence-corrected chi connectivity index (χ1v) is 7.00. The maximum absolute atomic E-state index is 11.3. The van der Waals surface area contributed by atoms with E-state index in [0.29, 0.717) is 5.92 Å². The zero-order valence-electron chi connectivity index (χ0n) is 11.7. The van der Waals surface area contributed by atoms with Crippen LogP contribution < -0.4 is 5.69 Å². The van der Waals surface area contributed by atoms with Crippen molar-refractivity contribution in [1.82, 2.24) is 9.55 Å². The molecule has 0 saturated carbocycles. The Hall–Kier alpha value is -1.77. The lowest BCUT2D eigenvalue weighted by molar-refractivity contribution is 0.593. The lowest BCUT2D eigenvalue weighted by Gasteiger charge is -2.12. The normalized spacial score (nSPS) is 11.1. The minimum absolute atomic E-state index is 0.0115. The van der Waals surface area contributed by atoms with Crippen LogP contribution in [0.2, 0.25) is 0 Å². The van der Waals surface area contributed by atoms with E-state index >= 15 is 0 Å². The predicted octanol–water partition coefficient (Wildman–Crippen LogP) is 3.32. The first-order chi connectivity index (χ1) is 9.18. The Morgan fingerprint density at radius 2 is 2.00 bits per heavy atom. The fraction of sp³-hybridized carbons (Fsp3) is 0.438. The number of hydrogen-bond acceptors (Lipinski definition) is 1. The first kappa shape index (κ1) is 13.7. The number of benzene rings is 1. The Balaban J connectivity index is 1.86. The van der Waals surface area contributed by atoms with E-state index in [1.807, 2.05) is 6.20 Å². The minimum Gasteiger partial charge on any atom is -0.313 e. The van der Waals surface area contributed by atoms with Crippen molar-refractivity contribution in [2.24, 2.45) is 0 Å². The topological polar surface area (TPSA) is 37.8 Å². The molecule has 3 nitrogen and oxygen atoms in total. The molecule has 0 bridgehead atoms. The van der Waals surface area contributed by atoms with Crippen molar-refractivity contribution >= 4 is 0 Å². The number of nitrogens with one attached hydrogen (secondary N) is 1. The third-order valence-electron chi connectivity index (χ3n) is 3.49. The van der Waals surface area contributed by atoms with Gasteiger partial charge in [0.25, 0.3) is 0 Å². The summed E-state index contributed by atoms with van der Waals surface area (Å²) in [5, 5.41) is 0. The van der Waals surface area contributed by atoms with Crippen molar-refractivity contribution in [2.45, 2.75) is 45.6 Å². The summed E-state index contributed by atoms with van der Waals surface area (Å²) in [5.74, 6) is 0.573. The number of H-pyrrole nitrogens is 1. The second-order valence-electron chi connectivity index (χ2n) is 5.27. The lowest BCUT2D eigenvalue weighted by atomic mass is 9.94. The largest absolute Gasteiger partial charge is 0.325 e. The van der Waals surface area contributed by atoms with Gasteiger partial charge in [-0.15, -0.1) is 0 Å². The van der Waals surface area contributed by atoms with Gasteiger partial charge in [0, 0.05) is 18.9 Å². The van der Waals surface area contributed by atoms with Crippen LogP contribution in [0.4, 0.5) is 0 Å². The minimum atomic E-state index is -0.0115. The average molecular weight is 258 g/mol. The van der Waals surface area contributed by atoms with Gasteiger partial charge >= 0.3 is 5.69 Å². The Morgan fingerprint density at radius 3 is 2.68 bits per heavy atom. The number of aromatic nitrogens is 2. The van der Waals surface area contributed by atoms with E-state index < -0.39 is 0 Å². The van der Waals surface area contributed by atoms with Crippen LogP contribution in [-0.4, -0.2) is 9.55 Å². The third kappa shape index (κ3) is 3.60. The molecule has 0 aliphatic heterocycles. The summed E-state index contributed by atoms with van der Waals surface area (Å²) in [6, 6.07) is 8.66. The number of unbranched alkanes of at least 4 members (excludes halogenated alkanes) is 1. The van der Waals surface area contributed by atoms with E-state index in [4.69, 9.17) is 0 Å². The van der Waals surface area contributed by atoms with E-state index in [2.05, 4.69) is 43.1 Å². The summed E-state index contributed by atoms with van der Waals surface area (Å²) >= 11 is 0. The molecule has 0 aliphatic carbocycles. The zero-order valence-corrected chi connectivity index (χ0v) is 11.7. The van der Waals surface area contributed by atoms with E-state index in [0.717, 1.165) is 25.8 Å². The molecule has 0 radical (unpaired) electrons. The standard InChI is InChI=1S/C16H22N2O/c1-13(2)15-9-4-3-7-14(15)8-5-6-11-18-12-10-17-16(18)19/h3-4,7,9-10,12-13H,5-6,8,11H2,1-2H3,(H,17,19). The molecule has 1 N–H and O–H groups in total. The number of aryl methyl sites for hydroxylation is 2. The quantitative estimate of drug-likeness (QED) is 0.793. The Bertz CT molecular complexity index is 566. The van der Waals surface area contributed by atoms with E-state index in [9.17, 15) is 4.79 Å². The summed E-state index contributed by atoms with van der Waals surface area (Å²) in [7, 11) is 0. The Morgan fingerprint density at radius 1 is 1.21 bits per heavy atom. The molecule has 1 heterocycles. The monoisotopic (exact) mass is 258 g/mol. The van der Waals surface area contributed by atoms with Gasteiger partial charge in [-0.05, 0) is 36.3 Å². The Labute approximate surface area is 114 Å². The van der Waals surface area contributed by atoms with Gasteiger partial charge < -0.3 is 4.98 Å². The molecule has 0 amide bonds. The van der Waals surface area contributed by atoms with Crippen LogP contribution in [0, 0.1) is 0 Å². The molecule has 0 aliphatic rings. The second kappa shape index (κ2) is 6.41. The highest BCUT2D eigenvalue weighted by Gasteiger charge is 2.05. The van der Waals surface area contributed by atoms with Crippen molar-refractivity contribution < 1.29 is 0 Å². The van der Waals surface area contributed by atoms with Crippen LogP contribution in [0.25, 0.3) is 0 Å². The summed E-state index contributed by atoms with van der Waals surface area (Å²) in [6.45, 7) is 5.27. The molecule has 1 aromatic heterocycles. The molecule has 0 unspecified atom stereocenters. The molecule has 102 valence electrons. The van der Waals surface area contributed by atoms with E-state index in [1.165, 1.54) is 11.1 Å². The summed E-state index contributed by atoms with van der Waals surface area (Å²) in [6.07, 6.45) is 6.74. The predicted molar refractivity (Wildman–Crippen MR) is 78.5 cm³/mol. The van der Waals surface area contributed by atoms with Gasteiger partial charge in [-0.1, -0.05) is 38.1 Å². The van der Waals surface area contributed by atoms with E-state index in [1.54, 1.807) is 10.8 Å². The maximum atomic E-state index is 11.3. The fourth-order valence-electron chi connectivity index (χ4n) is 2.45. The number of hydrogen-bond donors (Lipinski definition) is 1. The summed E-state index contributed by atoms with van der Waals surface area (Å²) in [4.78, 5) is 14.0. The molecule has 0 spiro atoms. The molecular weight excluding hydrogens is 236 g/mol. The third-order valence-corrected chi connectivity index (χ3v) is 3.49. The molecule has 2 rings (SSSR count). The SMILES string of the molecule is CC(C)c1ccccc1CCCCn1cc[nH]c1=O. The van der Waals surface area contributed by atoms with Gasteiger partial charge in [0.15, 0.2) is 0 Å². The number of aromatic amines is 1. The summed E-state index contributed by atoms with van der Waals surface area (Å²) in [5.41, 5.74) is 2.88. The highest BCUT2D eigenvalue weighted by Crippen LogP contribution is 2.20. The van der Waals surface area contributed by atoms with Crippen molar-refractivity contribution in [1.29, 1.82) is 0 Å². The molecule has 0 saturated heterocycles. The van der Waals surface area contributed by atoms with Gasteiger partial charge in [0.1, 0.15) is 0 Å². The maximum Gasteiger partial charge on any atom is 0.325 e. The number of rotatable bonds is 6. The fourth-order valence-corrected chi connectivity index (χ4v) is 2.45. The van der Waals surface area contributed by atoms with Crippen molar-refractivity contribution in [3.05, 3.63) is 58.3 Å². The van der Waals surface area contributed by atoms with E-state index in [-0.39, 0.29) is 5.69 Å². The van der Waals surface area contributed by atoms with Crippen molar-refractivity contribution in [2.75, 3.05) is 0 Å². The van der Waals surface area contributed by atoms with Crippen molar-refractivity contribution in [3.63, 3.8) is 0 Å². The zero-order chi connectivity index (χ0) is 13.7. The molecule has 2 aromatic rings. The molecule has 0 atom stereocenters. The highest BCUT2D eigenvalue weighted by molar-refractivity contribution is 5.29. The van der Waals surface area contributed by atoms with Crippen LogP contribution in [0.3, 0.4) is 0 Å². The van der Waals surface area contributed by atoms with Crippen LogP contribution in [0.1, 0.15) is 43.7 Å². The molecule has 1 aromatic carbocycles. The average Bonchev–Trinajstić information content (AvgIpc) is 2.80. The molecule has 0 fully saturated rings. The van der Waals surface area contributed by atoms with Crippen LogP contribution in [0.5, 0.6) is 0 Å². The van der Waals surface area contributed by atoms with Crippen LogP contribution >= 0.6 is 0 Å². The van der Waals surface area contributed by atoms with Gasteiger partial charge in [0.05, 0.1) is 0 Å². The number of imidazole rings is 1. The van der Waals surface area contributed by atoms with Gasteiger partial charge in [-0.3, -0.25) is 4.57 Å². The summed E-state index contributed by atoms with van der Waals surface area (Å²) < 4.78 is 1.73. The van der Waals surface area contributed by atoms with Gasteiger partial charge in [-0.2, -0.15) is 0 Å². The van der Waals surface area contributed by atoms with Gasteiger partial charge in [0.2, 0.25) is 0 Å². The Kier molecular flexibility index (Phi) is 4.61. The van der Waals surface area contributed by atoms with Crippen molar-refractivity contribution in [3.8, 4) is 0 Å². The van der Waals surface area contributed by atoms with Gasteiger partial charge in [-0.25, -0.2) is 4.79 Å². The highest BCUT2D eigenvalue weighted by atomic mass is 16.1. The van der Waals surface area contributed by atoms with Crippen LogP contribution in [0.15, 0.2) is 41.5 Å². The second-order valence-corrected chi connectivity index (χ2v) is 5.27. The molecule has 3 heteroatoms. The lowest BCUT2D eigenvalue weighted by Crippen LogP contribution is -2.16. The molecular formula is C16H22N2O. The molecule has 19 heavy (non-hydrogen) atoms. The number of nitrogens with zero attached hydrogens (tertiary/aromatic N) is 1.